The normalized spacial score (nSPS) is 24.4. The van der Waals surface area contributed by atoms with Crippen LogP contribution < -0.4 is 10.6 Å². The van der Waals surface area contributed by atoms with E-state index in [4.69, 9.17) is 9.84 Å². The third-order valence-electron chi connectivity index (χ3n) is 3.03. The third kappa shape index (κ3) is 6.42. The Kier molecular flexibility index (Phi) is 5.60. The Bertz CT molecular complexity index is 325. The summed E-state index contributed by atoms with van der Waals surface area (Å²) >= 11 is 0. The van der Waals surface area contributed by atoms with Gasteiger partial charge in [-0.25, -0.2) is 4.79 Å². The molecule has 6 nitrogen and oxygen atoms in total. The van der Waals surface area contributed by atoms with Crippen molar-refractivity contribution in [1.29, 1.82) is 0 Å². The highest BCUT2D eigenvalue weighted by Crippen LogP contribution is 2.19. The lowest BCUT2D eigenvalue weighted by Crippen LogP contribution is -2.43. The van der Waals surface area contributed by atoms with E-state index in [9.17, 15) is 9.59 Å². The molecule has 3 N–H and O–H groups in total. The molecule has 1 fully saturated rings. The first kappa shape index (κ1) is 15.8. The first-order chi connectivity index (χ1) is 8.78. The fourth-order valence-electron chi connectivity index (χ4n) is 2.22. The minimum absolute atomic E-state index is 0.0555. The van der Waals surface area contributed by atoms with E-state index in [2.05, 4.69) is 10.6 Å². The van der Waals surface area contributed by atoms with Crippen LogP contribution in [0.3, 0.4) is 0 Å². The lowest BCUT2D eigenvalue weighted by molar-refractivity contribution is -0.138. The van der Waals surface area contributed by atoms with Crippen LogP contribution in [0, 0.1) is 5.92 Å². The van der Waals surface area contributed by atoms with Crippen LogP contribution in [0.15, 0.2) is 0 Å². The van der Waals surface area contributed by atoms with Gasteiger partial charge < -0.3 is 20.5 Å². The van der Waals surface area contributed by atoms with E-state index in [1.807, 2.05) is 0 Å². The molecule has 1 aliphatic heterocycles. The summed E-state index contributed by atoms with van der Waals surface area (Å²) in [6, 6.07) is -0.152. The summed E-state index contributed by atoms with van der Waals surface area (Å²) in [7, 11) is 0. The summed E-state index contributed by atoms with van der Waals surface area (Å²) in [4.78, 5) is 22.6. The summed E-state index contributed by atoms with van der Waals surface area (Å²) in [5, 5.41) is 15.0. The van der Waals surface area contributed by atoms with Crippen LogP contribution in [-0.4, -0.2) is 41.9 Å². The Labute approximate surface area is 113 Å². The number of aliphatic carboxylic acids is 1. The van der Waals surface area contributed by atoms with E-state index in [1.54, 1.807) is 20.8 Å². The van der Waals surface area contributed by atoms with Gasteiger partial charge in [0, 0.05) is 6.04 Å². The Morgan fingerprint density at radius 1 is 1.32 bits per heavy atom. The van der Waals surface area contributed by atoms with E-state index < -0.39 is 17.7 Å². The van der Waals surface area contributed by atoms with Gasteiger partial charge in [-0.05, 0) is 52.6 Å². The smallest absolute Gasteiger partial charge is 0.407 e. The molecule has 0 bridgehead atoms. The number of carbonyl (C=O) groups excluding carboxylic acids is 1. The van der Waals surface area contributed by atoms with Crippen LogP contribution in [0.25, 0.3) is 0 Å². The first-order valence-corrected chi connectivity index (χ1v) is 6.70. The second-order valence-electron chi connectivity index (χ2n) is 5.94. The van der Waals surface area contributed by atoms with Crippen molar-refractivity contribution < 1.29 is 19.4 Å². The van der Waals surface area contributed by atoms with Crippen molar-refractivity contribution in [2.45, 2.75) is 51.7 Å². The number of alkyl carbamates (subject to hydrolysis) is 1. The largest absolute Gasteiger partial charge is 0.481 e. The Morgan fingerprint density at radius 2 is 1.95 bits per heavy atom. The van der Waals surface area contributed by atoms with Gasteiger partial charge in [0.1, 0.15) is 5.60 Å². The Morgan fingerprint density at radius 3 is 2.53 bits per heavy atom. The van der Waals surface area contributed by atoms with Crippen molar-refractivity contribution in [3.8, 4) is 0 Å². The van der Waals surface area contributed by atoms with Crippen LogP contribution in [0.5, 0.6) is 0 Å². The minimum atomic E-state index is -0.831. The zero-order valence-electron chi connectivity index (χ0n) is 11.9. The standard InChI is InChI=1S/C13H24N2O4/c1-13(2,3)19-12(18)15-10-5-7-14-6-4-9(10)8-11(16)17/h9-10,14H,4-8H2,1-3H3,(H,15,18)(H,16,17). The average Bonchev–Trinajstić information content (AvgIpc) is 2.41. The monoisotopic (exact) mass is 272 g/mol. The number of carboxylic acid groups (broad SMARTS) is 1. The summed E-state index contributed by atoms with van der Waals surface area (Å²) in [5.41, 5.74) is -0.546. The number of carbonyl (C=O) groups is 2. The molecule has 1 heterocycles. The predicted octanol–water partition coefficient (Wildman–Crippen LogP) is 1.35. The molecule has 0 radical (unpaired) electrons. The van der Waals surface area contributed by atoms with Crippen LogP contribution in [-0.2, 0) is 9.53 Å². The molecular formula is C13H24N2O4. The van der Waals surface area contributed by atoms with Gasteiger partial charge in [0.15, 0.2) is 0 Å². The highest BCUT2D eigenvalue weighted by atomic mass is 16.6. The van der Waals surface area contributed by atoms with Crippen molar-refractivity contribution in [3.63, 3.8) is 0 Å². The number of carboxylic acids is 1. The van der Waals surface area contributed by atoms with Gasteiger partial charge in [0.2, 0.25) is 0 Å². The zero-order chi connectivity index (χ0) is 14.5. The average molecular weight is 272 g/mol. The highest BCUT2D eigenvalue weighted by molar-refractivity contribution is 5.69. The fraction of sp³-hybridized carbons (Fsp3) is 0.846. The van der Waals surface area contributed by atoms with Crippen molar-refractivity contribution in [3.05, 3.63) is 0 Å². The molecule has 2 unspecified atom stereocenters. The predicted molar refractivity (Wildman–Crippen MR) is 71.0 cm³/mol. The minimum Gasteiger partial charge on any atom is -0.481 e. The van der Waals surface area contributed by atoms with E-state index in [1.165, 1.54) is 0 Å². The van der Waals surface area contributed by atoms with Gasteiger partial charge in [0.05, 0.1) is 6.42 Å². The molecule has 0 aromatic rings. The molecule has 110 valence electrons. The first-order valence-electron chi connectivity index (χ1n) is 6.70. The Balaban J connectivity index is 2.59. The number of hydrogen-bond acceptors (Lipinski definition) is 4. The topological polar surface area (TPSA) is 87.7 Å². The number of nitrogens with one attached hydrogen (secondary N) is 2. The highest BCUT2D eigenvalue weighted by Gasteiger charge is 2.28. The molecule has 1 amide bonds. The maximum absolute atomic E-state index is 11.8. The van der Waals surface area contributed by atoms with Crippen molar-refractivity contribution in [1.82, 2.24) is 10.6 Å². The molecule has 0 aromatic heterocycles. The van der Waals surface area contributed by atoms with E-state index in [-0.39, 0.29) is 18.4 Å². The van der Waals surface area contributed by atoms with Gasteiger partial charge in [-0.2, -0.15) is 0 Å². The fourth-order valence-corrected chi connectivity index (χ4v) is 2.22. The van der Waals surface area contributed by atoms with E-state index >= 15 is 0 Å². The van der Waals surface area contributed by atoms with Gasteiger partial charge in [0.25, 0.3) is 0 Å². The second-order valence-corrected chi connectivity index (χ2v) is 5.94. The van der Waals surface area contributed by atoms with E-state index in [0.717, 1.165) is 25.9 Å². The molecular weight excluding hydrogens is 248 g/mol. The van der Waals surface area contributed by atoms with E-state index in [0.29, 0.717) is 0 Å². The third-order valence-corrected chi connectivity index (χ3v) is 3.03. The van der Waals surface area contributed by atoms with Crippen LogP contribution in [0.1, 0.15) is 40.0 Å². The van der Waals surface area contributed by atoms with Gasteiger partial charge in [-0.3, -0.25) is 4.79 Å². The lowest BCUT2D eigenvalue weighted by atomic mass is 9.92. The number of ether oxygens (including phenoxy) is 1. The maximum atomic E-state index is 11.8. The van der Waals surface area contributed by atoms with Gasteiger partial charge in [-0.15, -0.1) is 0 Å². The van der Waals surface area contributed by atoms with Crippen LogP contribution in [0.4, 0.5) is 4.79 Å². The van der Waals surface area contributed by atoms with Gasteiger partial charge >= 0.3 is 12.1 Å². The number of hydrogen-bond donors (Lipinski definition) is 3. The summed E-state index contributed by atoms with van der Waals surface area (Å²) in [6.45, 7) is 6.96. The molecule has 1 rings (SSSR count). The van der Waals surface area contributed by atoms with Crippen LogP contribution in [0.2, 0.25) is 0 Å². The second kappa shape index (κ2) is 6.75. The molecule has 19 heavy (non-hydrogen) atoms. The number of rotatable bonds is 3. The van der Waals surface area contributed by atoms with Crippen molar-refractivity contribution >= 4 is 12.1 Å². The van der Waals surface area contributed by atoms with Crippen molar-refractivity contribution in [2.24, 2.45) is 5.92 Å². The molecule has 0 saturated carbocycles. The Hall–Kier alpha value is -1.30. The van der Waals surface area contributed by atoms with Crippen LogP contribution >= 0.6 is 0 Å². The zero-order valence-corrected chi connectivity index (χ0v) is 11.9. The molecule has 0 aromatic carbocycles. The number of amides is 1. The molecule has 0 spiro atoms. The molecule has 6 heteroatoms. The molecule has 1 saturated heterocycles. The molecule has 0 aliphatic carbocycles. The summed E-state index contributed by atoms with van der Waals surface area (Å²) < 4.78 is 5.22. The SMILES string of the molecule is CC(C)(C)OC(=O)NC1CCNCCC1CC(=O)O. The maximum Gasteiger partial charge on any atom is 0.407 e. The van der Waals surface area contributed by atoms with Gasteiger partial charge in [-0.1, -0.05) is 0 Å². The molecule has 1 aliphatic rings. The lowest BCUT2D eigenvalue weighted by Gasteiger charge is -2.27. The summed E-state index contributed by atoms with van der Waals surface area (Å²) in [6.07, 6.45) is 1.06. The quantitative estimate of drug-likeness (QED) is 0.722. The van der Waals surface area contributed by atoms with Crippen molar-refractivity contribution in [2.75, 3.05) is 13.1 Å². The molecule has 2 atom stereocenters. The summed E-state index contributed by atoms with van der Waals surface area (Å²) in [5.74, 6) is -0.886.